The third kappa shape index (κ3) is 4.98. The van der Waals surface area contributed by atoms with Crippen LogP contribution in [-0.2, 0) is 17.9 Å². The first-order valence-electron chi connectivity index (χ1n) is 7.99. The van der Waals surface area contributed by atoms with Crippen LogP contribution in [0.4, 0.5) is 8.78 Å². The molecule has 1 aromatic carbocycles. The lowest BCUT2D eigenvalue weighted by atomic mass is 10.2. The molecule has 0 bridgehead atoms. The number of hydrogen-bond donors (Lipinski definition) is 2. The molecule has 0 saturated heterocycles. The molecule has 138 valence electrons. The van der Waals surface area contributed by atoms with Gasteiger partial charge in [-0.2, -0.15) is 0 Å². The van der Waals surface area contributed by atoms with E-state index in [1.807, 2.05) is 0 Å². The zero-order chi connectivity index (χ0) is 19.3. The van der Waals surface area contributed by atoms with Gasteiger partial charge in [-0.3, -0.25) is 19.0 Å². The lowest BCUT2D eigenvalue weighted by Gasteiger charge is -2.14. The summed E-state index contributed by atoms with van der Waals surface area (Å²) >= 11 is 0. The summed E-state index contributed by atoms with van der Waals surface area (Å²) in [7, 11) is 0. The van der Waals surface area contributed by atoms with Gasteiger partial charge >= 0.3 is 0 Å². The van der Waals surface area contributed by atoms with Crippen LogP contribution in [-0.4, -0.2) is 22.4 Å². The van der Waals surface area contributed by atoms with Crippen molar-refractivity contribution in [2.24, 2.45) is 0 Å². The lowest BCUT2D eigenvalue weighted by molar-refractivity contribution is -0.122. The molecule has 8 heteroatoms. The summed E-state index contributed by atoms with van der Waals surface area (Å²) in [5, 5.41) is 5.10. The van der Waals surface area contributed by atoms with Crippen molar-refractivity contribution in [3.05, 3.63) is 69.6 Å². The number of carbonyl (C=O) groups excluding carboxylic acids is 2. The summed E-state index contributed by atoms with van der Waals surface area (Å²) in [6, 6.07) is 6.93. The van der Waals surface area contributed by atoms with Crippen LogP contribution in [0.3, 0.4) is 0 Å². The van der Waals surface area contributed by atoms with Gasteiger partial charge in [0.1, 0.15) is 23.9 Å². The van der Waals surface area contributed by atoms with Crippen molar-refractivity contribution in [1.82, 2.24) is 15.2 Å². The quantitative estimate of drug-likeness (QED) is 0.818. The molecule has 1 heterocycles. The highest BCUT2D eigenvalue weighted by atomic mass is 19.1. The van der Waals surface area contributed by atoms with Crippen LogP contribution in [0.2, 0.25) is 0 Å². The van der Waals surface area contributed by atoms with E-state index in [1.165, 1.54) is 24.3 Å². The highest BCUT2D eigenvalue weighted by molar-refractivity contribution is 5.93. The molecule has 2 amide bonds. The van der Waals surface area contributed by atoms with E-state index < -0.39 is 29.0 Å². The van der Waals surface area contributed by atoms with Crippen LogP contribution >= 0.6 is 0 Å². The molecule has 0 aliphatic rings. The highest BCUT2D eigenvalue weighted by Crippen LogP contribution is 2.09. The van der Waals surface area contributed by atoms with Crippen molar-refractivity contribution in [2.45, 2.75) is 33.0 Å². The van der Waals surface area contributed by atoms with E-state index >= 15 is 0 Å². The molecule has 0 aliphatic carbocycles. The van der Waals surface area contributed by atoms with Gasteiger partial charge in [0, 0.05) is 30.3 Å². The number of rotatable bonds is 6. The Morgan fingerprint density at radius 3 is 2.54 bits per heavy atom. The monoisotopic (exact) mass is 363 g/mol. The summed E-state index contributed by atoms with van der Waals surface area (Å²) in [5.41, 5.74) is -0.439. The molecule has 1 aromatic heterocycles. The Bertz CT molecular complexity index is 878. The largest absolute Gasteiger partial charge is 0.352 e. The molecule has 0 spiro atoms. The van der Waals surface area contributed by atoms with E-state index in [4.69, 9.17) is 0 Å². The third-order valence-electron chi connectivity index (χ3n) is 3.49. The molecule has 26 heavy (non-hydrogen) atoms. The van der Waals surface area contributed by atoms with Crippen LogP contribution in [0.15, 0.2) is 41.2 Å². The maximum absolute atomic E-state index is 13.6. The summed E-state index contributed by atoms with van der Waals surface area (Å²) < 4.78 is 27.6. The van der Waals surface area contributed by atoms with Crippen molar-refractivity contribution in [1.29, 1.82) is 0 Å². The predicted molar refractivity (Wildman–Crippen MR) is 91.5 cm³/mol. The molecule has 0 aliphatic heterocycles. The van der Waals surface area contributed by atoms with Crippen LogP contribution < -0.4 is 16.2 Å². The smallest absolute Gasteiger partial charge is 0.268 e. The molecule has 0 fully saturated rings. The van der Waals surface area contributed by atoms with Crippen molar-refractivity contribution in [3.63, 3.8) is 0 Å². The summed E-state index contributed by atoms with van der Waals surface area (Å²) in [6.07, 6.45) is 0. The first-order chi connectivity index (χ1) is 12.3. The van der Waals surface area contributed by atoms with Crippen LogP contribution in [0.25, 0.3) is 0 Å². The molecule has 0 atom stereocenters. The van der Waals surface area contributed by atoms with Crippen molar-refractivity contribution < 1.29 is 18.4 Å². The Hall–Kier alpha value is -3.03. The Morgan fingerprint density at radius 1 is 1.15 bits per heavy atom. The van der Waals surface area contributed by atoms with E-state index in [0.29, 0.717) is 0 Å². The Labute approximate surface area is 148 Å². The van der Waals surface area contributed by atoms with Crippen LogP contribution in [0.1, 0.15) is 29.9 Å². The molecule has 2 aromatic rings. The second-order valence-electron chi connectivity index (χ2n) is 5.98. The molecule has 0 unspecified atom stereocenters. The van der Waals surface area contributed by atoms with Crippen molar-refractivity contribution >= 4 is 11.8 Å². The number of pyridine rings is 1. The van der Waals surface area contributed by atoms with Gasteiger partial charge in [-0.1, -0.05) is 12.1 Å². The fourth-order valence-corrected chi connectivity index (χ4v) is 2.32. The number of aromatic nitrogens is 1. The van der Waals surface area contributed by atoms with Gasteiger partial charge < -0.3 is 10.6 Å². The average molecular weight is 363 g/mol. The number of nitrogens with one attached hydrogen (secondary N) is 2. The number of nitrogens with zero attached hydrogens (tertiary/aromatic N) is 1. The zero-order valence-electron chi connectivity index (χ0n) is 14.4. The molecule has 0 saturated carbocycles. The van der Waals surface area contributed by atoms with E-state index in [-0.39, 0.29) is 30.4 Å². The minimum Gasteiger partial charge on any atom is -0.352 e. The van der Waals surface area contributed by atoms with Gasteiger partial charge in [0.25, 0.3) is 11.5 Å². The SMILES string of the molecule is CC(C)NC(=O)Cn1c(C(=O)NCc2ccc(F)cc2F)cccc1=O. The number of amides is 2. The Kier molecular flexibility index (Phi) is 6.21. The minimum atomic E-state index is -0.785. The maximum atomic E-state index is 13.6. The lowest BCUT2D eigenvalue weighted by Crippen LogP contribution is -2.39. The van der Waals surface area contributed by atoms with E-state index in [1.54, 1.807) is 13.8 Å². The first-order valence-corrected chi connectivity index (χ1v) is 7.99. The fourth-order valence-electron chi connectivity index (χ4n) is 2.32. The van der Waals surface area contributed by atoms with Gasteiger partial charge in [0.05, 0.1) is 0 Å². The number of benzene rings is 1. The van der Waals surface area contributed by atoms with E-state index in [0.717, 1.165) is 16.7 Å². The molecule has 6 nitrogen and oxygen atoms in total. The highest BCUT2D eigenvalue weighted by Gasteiger charge is 2.15. The predicted octanol–water partition coefficient (Wildman–Crippen LogP) is 1.58. The van der Waals surface area contributed by atoms with Gasteiger partial charge in [-0.05, 0) is 26.0 Å². The Morgan fingerprint density at radius 2 is 1.88 bits per heavy atom. The number of hydrogen-bond acceptors (Lipinski definition) is 3. The topological polar surface area (TPSA) is 80.2 Å². The standard InChI is InChI=1S/C18H19F2N3O3/c1-11(2)22-16(24)10-23-15(4-3-5-17(23)25)18(26)21-9-12-6-7-13(19)8-14(12)20/h3-8,11H,9-10H2,1-2H3,(H,21,26)(H,22,24). The second kappa shape index (κ2) is 8.37. The maximum Gasteiger partial charge on any atom is 0.268 e. The van der Waals surface area contributed by atoms with Crippen molar-refractivity contribution in [3.8, 4) is 0 Å². The molecule has 2 N–H and O–H groups in total. The molecular weight excluding hydrogens is 344 g/mol. The molecular formula is C18H19F2N3O3. The van der Waals surface area contributed by atoms with E-state index in [9.17, 15) is 23.2 Å². The summed E-state index contributed by atoms with van der Waals surface area (Å²) in [5.74, 6) is -2.56. The first kappa shape index (κ1) is 19.3. The normalized spacial score (nSPS) is 10.7. The Balaban J connectivity index is 2.16. The minimum absolute atomic E-state index is 0.0288. The van der Waals surface area contributed by atoms with E-state index in [2.05, 4.69) is 10.6 Å². The van der Waals surface area contributed by atoms with Gasteiger partial charge in [0.2, 0.25) is 5.91 Å². The van der Waals surface area contributed by atoms with Crippen LogP contribution in [0, 0.1) is 11.6 Å². The second-order valence-corrected chi connectivity index (χ2v) is 5.98. The van der Waals surface area contributed by atoms with Gasteiger partial charge in [-0.15, -0.1) is 0 Å². The number of carbonyl (C=O) groups is 2. The van der Waals surface area contributed by atoms with Gasteiger partial charge in [-0.25, -0.2) is 8.78 Å². The summed E-state index contributed by atoms with van der Waals surface area (Å²) in [6.45, 7) is 3.05. The summed E-state index contributed by atoms with van der Waals surface area (Å²) in [4.78, 5) is 36.3. The zero-order valence-corrected chi connectivity index (χ0v) is 14.4. The number of halogens is 2. The molecule has 2 rings (SSSR count). The van der Waals surface area contributed by atoms with Crippen LogP contribution in [0.5, 0.6) is 0 Å². The van der Waals surface area contributed by atoms with Crippen molar-refractivity contribution in [2.75, 3.05) is 0 Å². The fraction of sp³-hybridized carbons (Fsp3) is 0.278. The van der Waals surface area contributed by atoms with Gasteiger partial charge in [0.15, 0.2) is 0 Å². The average Bonchev–Trinajstić information content (AvgIpc) is 2.55. The third-order valence-corrected chi connectivity index (χ3v) is 3.49. The molecule has 0 radical (unpaired) electrons.